The van der Waals surface area contributed by atoms with Gasteiger partial charge in [-0.25, -0.2) is 0 Å². The summed E-state index contributed by atoms with van der Waals surface area (Å²) in [5, 5.41) is 17.4. The first kappa shape index (κ1) is 23.8. The van der Waals surface area contributed by atoms with Gasteiger partial charge in [0, 0.05) is 10.7 Å². The molecule has 2 aliphatic carbocycles. The second-order valence-electron chi connectivity index (χ2n) is 10.8. The maximum absolute atomic E-state index is 12.7. The minimum atomic E-state index is -1.10. The van der Waals surface area contributed by atoms with E-state index in [1.807, 2.05) is 0 Å². The Morgan fingerprint density at radius 3 is 2.53 bits per heavy atom. The number of halogens is 1. The predicted octanol–water partition coefficient (Wildman–Crippen LogP) is 6.38. The molecular weight excluding hydrogens is 488 g/mol. The van der Waals surface area contributed by atoms with E-state index in [-0.39, 0.29) is 16.8 Å². The lowest BCUT2D eigenvalue weighted by Crippen LogP contribution is -2.49. The van der Waals surface area contributed by atoms with Crippen LogP contribution in [-0.2, 0) is 16.0 Å². The number of carboxylic acid groups (broad SMARTS) is 1. The second kappa shape index (κ2) is 9.62. The third-order valence-corrected chi connectivity index (χ3v) is 9.34. The lowest BCUT2D eigenvalue weighted by atomic mass is 9.74. The van der Waals surface area contributed by atoms with Crippen molar-refractivity contribution >= 4 is 43.4 Å². The van der Waals surface area contributed by atoms with Crippen molar-refractivity contribution in [3.63, 3.8) is 0 Å². The van der Waals surface area contributed by atoms with Crippen molar-refractivity contribution in [2.24, 2.45) is 17.8 Å². The molecule has 0 amide bonds. The number of ether oxygens (including phenoxy) is 1. The number of rotatable bonds is 5. The Labute approximate surface area is 211 Å². The van der Waals surface area contributed by atoms with Gasteiger partial charge >= 0.3 is 0 Å². The van der Waals surface area contributed by atoms with Gasteiger partial charge in [-0.05, 0) is 76.1 Å². The Hall–Kier alpha value is -1.91. The van der Waals surface area contributed by atoms with Crippen LogP contribution in [0.5, 0.6) is 0 Å². The number of carbonyl (C=O) groups excluding carboxylic acids is 1. The smallest absolute Gasteiger partial charge is 0.105 e. The van der Waals surface area contributed by atoms with Gasteiger partial charge in [-0.1, -0.05) is 91.7 Å². The highest BCUT2D eigenvalue weighted by Crippen LogP contribution is 2.45. The van der Waals surface area contributed by atoms with Crippen LogP contribution in [0.15, 0.2) is 48.5 Å². The Kier molecular flexibility index (Phi) is 6.74. The molecule has 0 aromatic heterocycles. The first-order chi connectivity index (χ1) is 16.3. The molecule has 1 unspecified atom stereocenters. The number of fused-ring (bicyclic) bond motifs is 5. The van der Waals surface area contributed by atoms with Gasteiger partial charge in [-0.2, -0.15) is 0 Å². The van der Waals surface area contributed by atoms with Crippen molar-refractivity contribution in [2.45, 2.75) is 75.8 Å². The fraction of sp³-hybridized carbons (Fsp3) is 0.500. The monoisotopic (exact) mass is 521 g/mol. The van der Waals surface area contributed by atoms with E-state index >= 15 is 0 Å². The molecule has 3 aromatic carbocycles. The summed E-state index contributed by atoms with van der Waals surface area (Å²) in [6, 6.07) is 17.1. The zero-order valence-corrected chi connectivity index (χ0v) is 21.9. The fourth-order valence-electron chi connectivity index (χ4n) is 6.51. The van der Waals surface area contributed by atoms with Gasteiger partial charge in [0.05, 0.1) is 12.1 Å². The van der Waals surface area contributed by atoms with Gasteiger partial charge in [-0.3, -0.25) is 0 Å². The highest BCUT2D eigenvalue weighted by molar-refractivity contribution is 9.09. The molecule has 3 aromatic rings. The van der Waals surface area contributed by atoms with Gasteiger partial charge in [0.15, 0.2) is 0 Å². The molecule has 1 saturated carbocycles. The minimum absolute atomic E-state index is 0.0264. The normalized spacial score (nSPS) is 28.2. The van der Waals surface area contributed by atoms with E-state index in [1.54, 1.807) is 0 Å². The van der Waals surface area contributed by atoms with Crippen LogP contribution in [0.25, 0.3) is 21.5 Å². The molecule has 34 heavy (non-hydrogen) atoms. The number of carboxylic acids is 1. The lowest BCUT2D eigenvalue weighted by molar-refractivity contribution is -0.321. The van der Waals surface area contributed by atoms with Crippen molar-refractivity contribution in [3.05, 3.63) is 59.7 Å². The summed E-state index contributed by atoms with van der Waals surface area (Å²) in [4.78, 5) is 12.7. The van der Waals surface area contributed by atoms with Crippen molar-refractivity contribution in [1.29, 1.82) is 0 Å². The van der Waals surface area contributed by atoms with E-state index in [0.29, 0.717) is 17.8 Å². The molecule has 2 aliphatic rings. The number of aliphatic carboxylic acids is 1. The Morgan fingerprint density at radius 2 is 1.76 bits per heavy atom. The van der Waals surface area contributed by atoms with Gasteiger partial charge < -0.3 is 14.6 Å². The van der Waals surface area contributed by atoms with Gasteiger partial charge in [0.1, 0.15) is 6.10 Å². The molecule has 180 valence electrons. The van der Waals surface area contributed by atoms with Gasteiger partial charge in [-0.15, -0.1) is 0 Å². The van der Waals surface area contributed by atoms with E-state index in [0.717, 1.165) is 36.6 Å². The van der Waals surface area contributed by atoms with E-state index in [1.165, 1.54) is 28.1 Å². The van der Waals surface area contributed by atoms with E-state index in [9.17, 15) is 9.90 Å². The molecule has 0 spiro atoms. The molecule has 4 heteroatoms. The van der Waals surface area contributed by atoms with Crippen molar-refractivity contribution in [1.82, 2.24) is 0 Å². The molecule has 0 radical (unpaired) electrons. The number of carbonyl (C=O) groups is 1. The standard InChI is InChI=1S/C30H35BrO3/c1-17(2)21-12-8-18(3)16-26(21)34-29(30(32)33)28-25(31)15-11-20-10-13-23-22-7-5-4-6-19(22)9-14-24(23)27(20)28/h4-7,9-10,13-14,17-18,21,25-26,28-29H,8,11-12,15-16H2,1-3H3,(H,32,33)/p-1/t18-,21+,25+,26-,28+,29?/m1/s1. The number of aryl methyl sites for hydroxylation is 1. The second-order valence-corrected chi connectivity index (χ2v) is 12.0. The molecule has 0 N–H and O–H groups in total. The molecule has 0 heterocycles. The Balaban J connectivity index is 1.61. The van der Waals surface area contributed by atoms with E-state index in [4.69, 9.17) is 4.74 Å². The van der Waals surface area contributed by atoms with Crippen LogP contribution < -0.4 is 5.11 Å². The summed E-state index contributed by atoms with van der Waals surface area (Å²) < 4.78 is 6.61. The minimum Gasteiger partial charge on any atom is -0.547 e. The summed E-state index contributed by atoms with van der Waals surface area (Å²) in [5.74, 6) is 0.00865. The largest absolute Gasteiger partial charge is 0.547 e. The van der Waals surface area contributed by atoms with E-state index in [2.05, 4.69) is 85.2 Å². The summed E-state index contributed by atoms with van der Waals surface area (Å²) in [6.45, 7) is 6.71. The van der Waals surface area contributed by atoms with Crippen LogP contribution in [0.4, 0.5) is 0 Å². The average Bonchev–Trinajstić information content (AvgIpc) is 2.82. The van der Waals surface area contributed by atoms with E-state index < -0.39 is 12.1 Å². The molecule has 3 nitrogen and oxygen atoms in total. The number of hydrogen-bond acceptors (Lipinski definition) is 3. The highest BCUT2D eigenvalue weighted by atomic mass is 79.9. The average molecular weight is 523 g/mol. The van der Waals surface area contributed by atoms with Crippen LogP contribution >= 0.6 is 15.9 Å². The molecular formula is C30H34BrO3-. The number of alkyl halides is 1. The van der Waals surface area contributed by atoms with Gasteiger partial charge in [0.2, 0.25) is 0 Å². The van der Waals surface area contributed by atoms with Crippen molar-refractivity contribution in [3.8, 4) is 0 Å². The Bertz CT molecular complexity index is 1200. The quantitative estimate of drug-likeness (QED) is 0.289. The van der Waals surface area contributed by atoms with Crippen LogP contribution in [0, 0.1) is 17.8 Å². The van der Waals surface area contributed by atoms with Crippen LogP contribution in [0.3, 0.4) is 0 Å². The van der Waals surface area contributed by atoms with Crippen molar-refractivity contribution in [2.75, 3.05) is 0 Å². The first-order valence-electron chi connectivity index (χ1n) is 12.8. The number of hydrogen-bond donors (Lipinski definition) is 0. The third kappa shape index (κ3) is 4.28. The highest BCUT2D eigenvalue weighted by Gasteiger charge is 2.40. The third-order valence-electron chi connectivity index (χ3n) is 8.31. The number of benzene rings is 3. The fourth-order valence-corrected chi connectivity index (χ4v) is 7.28. The topological polar surface area (TPSA) is 49.4 Å². The molecule has 5 rings (SSSR count). The lowest BCUT2D eigenvalue weighted by Gasteiger charge is -2.43. The molecule has 0 aliphatic heterocycles. The zero-order chi connectivity index (χ0) is 24.0. The molecule has 6 atom stereocenters. The SMILES string of the molecule is CC(C)[C@@H]1CC[C@@H](C)C[C@H]1OC(C(=O)[O-])[C@@H]1c2c(ccc3c2ccc2ccccc23)CC[C@@H]1Br. The summed E-state index contributed by atoms with van der Waals surface area (Å²) in [6.07, 6.45) is 3.99. The first-order valence-corrected chi connectivity index (χ1v) is 13.7. The van der Waals surface area contributed by atoms with Crippen LogP contribution in [-0.4, -0.2) is 23.0 Å². The summed E-state index contributed by atoms with van der Waals surface area (Å²) in [7, 11) is 0. The summed E-state index contributed by atoms with van der Waals surface area (Å²) >= 11 is 3.88. The predicted molar refractivity (Wildman–Crippen MR) is 140 cm³/mol. The van der Waals surface area contributed by atoms with Crippen LogP contribution in [0.1, 0.15) is 63.5 Å². The molecule has 1 fully saturated rings. The molecule has 0 saturated heterocycles. The maximum atomic E-state index is 12.7. The van der Waals surface area contributed by atoms with Crippen LogP contribution in [0.2, 0.25) is 0 Å². The van der Waals surface area contributed by atoms with Gasteiger partial charge in [0.25, 0.3) is 0 Å². The Morgan fingerprint density at radius 1 is 1.00 bits per heavy atom. The molecule has 0 bridgehead atoms. The van der Waals surface area contributed by atoms with Crippen molar-refractivity contribution < 1.29 is 14.6 Å². The summed E-state index contributed by atoms with van der Waals surface area (Å²) in [5.41, 5.74) is 2.35. The zero-order valence-electron chi connectivity index (χ0n) is 20.3. The maximum Gasteiger partial charge on any atom is 0.105 e.